The van der Waals surface area contributed by atoms with E-state index < -0.39 is 11.8 Å². The summed E-state index contributed by atoms with van der Waals surface area (Å²) in [6.07, 6.45) is 0.520. The second kappa shape index (κ2) is 9.31. The van der Waals surface area contributed by atoms with Gasteiger partial charge in [-0.2, -0.15) is 0 Å². The first kappa shape index (κ1) is 19.9. The van der Waals surface area contributed by atoms with Crippen LogP contribution in [0.25, 0.3) is 0 Å². The van der Waals surface area contributed by atoms with Crippen LogP contribution in [0.2, 0.25) is 10.0 Å². The highest BCUT2D eigenvalue weighted by Crippen LogP contribution is 2.29. The van der Waals surface area contributed by atoms with Gasteiger partial charge in [0.1, 0.15) is 0 Å². The Hall–Kier alpha value is -2.44. The van der Waals surface area contributed by atoms with Crippen LogP contribution in [0, 0.1) is 0 Å². The van der Waals surface area contributed by atoms with Crippen LogP contribution in [0.4, 0.5) is 5.69 Å². The van der Waals surface area contributed by atoms with E-state index >= 15 is 0 Å². The van der Waals surface area contributed by atoms with Crippen molar-refractivity contribution in [2.24, 2.45) is 0 Å². The monoisotopic (exact) mass is 396 g/mol. The molecule has 0 saturated heterocycles. The maximum Gasteiger partial charge on any atom is 0.313 e. The number of methoxy groups -OCH3 is 2. The molecule has 138 valence electrons. The maximum atomic E-state index is 12.0. The predicted octanol–water partition coefficient (Wildman–Crippen LogP) is 3.31. The fourth-order valence-corrected chi connectivity index (χ4v) is 2.72. The highest BCUT2D eigenvalue weighted by Gasteiger charge is 2.16. The Morgan fingerprint density at radius 1 is 0.962 bits per heavy atom. The summed E-state index contributed by atoms with van der Waals surface area (Å²) in [6.45, 7) is 0.276. The molecule has 0 spiro atoms. The van der Waals surface area contributed by atoms with Gasteiger partial charge in [0.25, 0.3) is 0 Å². The van der Waals surface area contributed by atoms with Crippen LogP contribution < -0.4 is 20.1 Å². The minimum Gasteiger partial charge on any atom is -0.493 e. The molecule has 2 aromatic rings. The van der Waals surface area contributed by atoms with E-state index in [1.54, 1.807) is 38.5 Å². The van der Waals surface area contributed by atoms with Crippen molar-refractivity contribution in [3.05, 3.63) is 52.0 Å². The second-order valence-corrected chi connectivity index (χ2v) is 6.06. The number of amides is 2. The van der Waals surface area contributed by atoms with Gasteiger partial charge in [-0.05, 0) is 36.2 Å². The molecule has 0 bridgehead atoms. The quantitative estimate of drug-likeness (QED) is 0.734. The minimum atomic E-state index is -0.840. The largest absolute Gasteiger partial charge is 0.493 e. The highest BCUT2D eigenvalue weighted by atomic mass is 35.5. The van der Waals surface area contributed by atoms with Gasteiger partial charge in [0.05, 0.1) is 30.0 Å². The lowest BCUT2D eigenvalue weighted by atomic mass is 10.1. The van der Waals surface area contributed by atoms with E-state index in [-0.39, 0.29) is 22.3 Å². The van der Waals surface area contributed by atoms with Crippen molar-refractivity contribution < 1.29 is 19.1 Å². The SMILES string of the molecule is COc1ccc(CCNC(=O)C(=O)Nc2c(Cl)cccc2Cl)cc1OC. The molecule has 0 aliphatic carbocycles. The number of hydrogen-bond donors (Lipinski definition) is 2. The Kier molecular flexibility index (Phi) is 7.12. The molecule has 2 N–H and O–H groups in total. The number of carbonyl (C=O) groups excluding carboxylic acids is 2. The van der Waals surface area contributed by atoms with Gasteiger partial charge in [0.15, 0.2) is 11.5 Å². The minimum absolute atomic E-state index is 0.205. The number of hydrogen-bond acceptors (Lipinski definition) is 4. The van der Waals surface area contributed by atoms with Crippen molar-refractivity contribution in [1.29, 1.82) is 0 Å². The molecular weight excluding hydrogens is 379 g/mol. The van der Waals surface area contributed by atoms with Crippen molar-refractivity contribution in [1.82, 2.24) is 5.32 Å². The number of carbonyl (C=O) groups is 2. The fourth-order valence-electron chi connectivity index (χ4n) is 2.22. The van der Waals surface area contributed by atoms with Crippen molar-refractivity contribution in [2.45, 2.75) is 6.42 Å². The van der Waals surface area contributed by atoms with Gasteiger partial charge < -0.3 is 20.1 Å². The van der Waals surface area contributed by atoms with Crippen molar-refractivity contribution in [3.63, 3.8) is 0 Å². The molecule has 0 fully saturated rings. The molecule has 2 amide bonds. The standard InChI is InChI=1S/C18H18Cl2N2O4/c1-25-14-7-6-11(10-15(14)26-2)8-9-21-17(23)18(24)22-16-12(19)4-3-5-13(16)20/h3-7,10H,8-9H2,1-2H3,(H,21,23)(H,22,24). The first-order valence-electron chi connectivity index (χ1n) is 7.70. The van der Waals surface area contributed by atoms with E-state index in [2.05, 4.69) is 10.6 Å². The first-order chi connectivity index (χ1) is 12.5. The van der Waals surface area contributed by atoms with Gasteiger partial charge in [-0.25, -0.2) is 0 Å². The molecule has 0 aliphatic heterocycles. The first-order valence-corrected chi connectivity index (χ1v) is 8.46. The van der Waals surface area contributed by atoms with Crippen LogP contribution in [0.15, 0.2) is 36.4 Å². The summed E-state index contributed by atoms with van der Waals surface area (Å²) >= 11 is 11.9. The fraction of sp³-hybridized carbons (Fsp3) is 0.222. The Bertz CT molecular complexity index is 792. The van der Waals surface area contributed by atoms with E-state index in [1.165, 1.54) is 0 Å². The van der Waals surface area contributed by atoms with E-state index in [0.29, 0.717) is 17.9 Å². The topological polar surface area (TPSA) is 76.7 Å². The van der Waals surface area contributed by atoms with Crippen molar-refractivity contribution >= 4 is 40.7 Å². The summed E-state index contributed by atoms with van der Waals surface area (Å²) in [7, 11) is 3.11. The normalized spacial score (nSPS) is 10.2. The lowest BCUT2D eigenvalue weighted by Gasteiger charge is -2.11. The van der Waals surface area contributed by atoms with Crippen molar-refractivity contribution in [2.75, 3.05) is 26.1 Å². The average molecular weight is 397 g/mol. The zero-order valence-corrected chi connectivity index (χ0v) is 15.8. The summed E-state index contributed by atoms with van der Waals surface area (Å²) < 4.78 is 10.4. The third kappa shape index (κ3) is 5.03. The number of nitrogens with one attached hydrogen (secondary N) is 2. The molecular formula is C18H18Cl2N2O4. The van der Waals surface area contributed by atoms with Crippen molar-refractivity contribution in [3.8, 4) is 11.5 Å². The number of anilines is 1. The van der Waals surface area contributed by atoms with Gasteiger partial charge in [-0.1, -0.05) is 35.3 Å². The number of para-hydroxylation sites is 1. The molecule has 0 aliphatic rings. The number of ether oxygens (including phenoxy) is 2. The highest BCUT2D eigenvalue weighted by molar-refractivity contribution is 6.44. The number of benzene rings is 2. The van der Waals surface area contributed by atoms with E-state index in [1.807, 2.05) is 12.1 Å². The van der Waals surface area contributed by atoms with Crippen LogP contribution in [-0.2, 0) is 16.0 Å². The van der Waals surface area contributed by atoms with E-state index in [0.717, 1.165) is 5.56 Å². The van der Waals surface area contributed by atoms with Crippen LogP contribution in [-0.4, -0.2) is 32.6 Å². The summed E-state index contributed by atoms with van der Waals surface area (Å²) in [5.41, 5.74) is 1.13. The third-order valence-corrected chi connectivity index (χ3v) is 4.18. The lowest BCUT2D eigenvalue weighted by Crippen LogP contribution is -2.36. The van der Waals surface area contributed by atoms with Crippen LogP contribution in [0.5, 0.6) is 11.5 Å². The maximum absolute atomic E-state index is 12.0. The molecule has 0 aromatic heterocycles. The Balaban J connectivity index is 1.89. The molecule has 6 nitrogen and oxygen atoms in total. The second-order valence-electron chi connectivity index (χ2n) is 5.25. The molecule has 26 heavy (non-hydrogen) atoms. The molecule has 0 heterocycles. The molecule has 0 saturated carbocycles. The zero-order valence-electron chi connectivity index (χ0n) is 14.3. The third-order valence-electron chi connectivity index (χ3n) is 3.55. The van der Waals surface area contributed by atoms with Crippen LogP contribution in [0.1, 0.15) is 5.56 Å². The summed E-state index contributed by atoms with van der Waals surface area (Å²) in [4.78, 5) is 23.9. The molecule has 0 unspecified atom stereocenters. The van der Waals surface area contributed by atoms with Gasteiger partial charge >= 0.3 is 11.8 Å². The van der Waals surface area contributed by atoms with Crippen LogP contribution >= 0.6 is 23.2 Å². The molecule has 2 rings (SSSR count). The van der Waals surface area contributed by atoms with Gasteiger partial charge in [-0.3, -0.25) is 9.59 Å². The number of halogens is 2. The lowest BCUT2D eigenvalue weighted by molar-refractivity contribution is -0.136. The predicted molar refractivity (Wildman–Crippen MR) is 101 cm³/mol. The van der Waals surface area contributed by atoms with E-state index in [9.17, 15) is 9.59 Å². The summed E-state index contributed by atoms with van der Waals surface area (Å²) in [5, 5.41) is 5.46. The van der Waals surface area contributed by atoms with Crippen LogP contribution in [0.3, 0.4) is 0 Å². The van der Waals surface area contributed by atoms with Gasteiger partial charge in [-0.15, -0.1) is 0 Å². The van der Waals surface area contributed by atoms with Gasteiger partial charge in [0.2, 0.25) is 0 Å². The molecule has 0 radical (unpaired) electrons. The zero-order chi connectivity index (χ0) is 19.1. The Morgan fingerprint density at radius 2 is 1.62 bits per heavy atom. The summed E-state index contributed by atoms with van der Waals surface area (Å²) in [6, 6.07) is 10.2. The Morgan fingerprint density at radius 3 is 2.23 bits per heavy atom. The van der Waals surface area contributed by atoms with Gasteiger partial charge in [0, 0.05) is 6.54 Å². The number of rotatable bonds is 6. The average Bonchev–Trinajstić information content (AvgIpc) is 2.64. The molecule has 8 heteroatoms. The smallest absolute Gasteiger partial charge is 0.313 e. The molecule has 0 atom stereocenters. The molecule has 2 aromatic carbocycles. The summed E-state index contributed by atoms with van der Waals surface area (Å²) in [5.74, 6) is -0.396. The Labute approximate surface area is 161 Å². The van der Waals surface area contributed by atoms with E-state index in [4.69, 9.17) is 32.7 Å².